The Kier molecular flexibility index (Phi) is 5.17. The fourth-order valence-corrected chi connectivity index (χ4v) is 2.14. The van der Waals surface area contributed by atoms with E-state index in [9.17, 15) is 13.2 Å². The van der Waals surface area contributed by atoms with Crippen LogP contribution in [0.25, 0.3) is 11.3 Å². The minimum atomic E-state index is -4.39. The van der Waals surface area contributed by atoms with Crippen molar-refractivity contribution in [3.8, 4) is 29.6 Å². The average molecular weight is 371 g/mol. The number of hydrogen-bond acceptors (Lipinski definition) is 6. The van der Waals surface area contributed by atoms with Crippen LogP contribution in [0.3, 0.4) is 0 Å². The van der Waals surface area contributed by atoms with Crippen LogP contribution in [0, 0.1) is 12.3 Å². The molecule has 0 bridgehead atoms. The van der Waals surface area contributed by atoms with Crippen molar-refractivity contribution in [1.29, 1.82) is 0 Å². The highest BCUT2D eigenvalue weighted by atomic mass is 19.4. The molecule has 0 saturated heterocycles. The number of halogens is 3. The Morgan fingerprint density at radius 3 is 2.30 bits per heavy atom. The van der Waals surface area contributed by atoms with E-state index in [4.69, 9.17) is 11.2 Å². The fourth-order valence-electron chi connectivity index (χ4n) is 2.14. The van der Waals surface area contributed by atoms with Crippen LogP contribution >= 0.6 is 0 Å². The first-order valence-electron chi connectivity index (χ1n) is 7.61. The van der Waals surface area contributed by atoms with Crippen LogP contribution in [0.2, 0.25) is 0 Å². The summed E-state index contributed by atoms with van der Waals surface area (Å²) in [4.78, 5) is 16.5. The van der Waals surface area contributed by atoms with Crippen LogP contribution in [-0.2, 0) is 6.18 Å². The number of ether oxygens (including phenoxy) is 1. The lowest BCUT2D eigenvalue weighted by Gasteiger charge is -2.11. The van der Waals surface area contributed by atoms with E-state index >= 15 is 0 Å². The van der Waals surface area contributed by atoms with Crippen LogP contribution in [0.5, 0.6) is 6.01 Å². The van der Waals surface area contributed by atoms with Gasteiger partial charge < -0.3 is 10.1 Å². The quantitative estimate of drug-likeness (QED) is 0.690. The van der Waals surface area contributed by atoms with Crippen molar-refractivity contribution in [2.24, 2.45) is 0 Å². The Balaban J connectivity index is 1.83. The molecule has 3 aromatic rings. The van der Waals surface area contributed by atoms with E-state index in [1.807, 2.05) is 0 Å². The molecular weight excluding hydrogens is 359 g/mol. The van der Waals surface area contributed by atoms with E-state index in [1.165, 1.54) is 36.9 Å². The number of hydrogen-bond donors (Lipinski definition) is 1. The third-order valence-corrected chi connectivity index (χ3v) is 3.36. The predicted octanol–water partition coefficient (Wildman–Crippen LogP) is 3.71. The molecule has 0 radical (unpaired) electrons. The van der Waals surface area contributed by atoms with Gasteiger partial charge in [0.15, 0.2) is 12.4 Å². The zero-order chi connectivity index (χ0) is 19.3. The van der Waals surface area contributed by atoms with Gasteiger partial charge in [0.2, 0.25) is 0 Å². The molecule has 0 spiro atoms. The van der Waals surface area contributed by atoms with Gasteiger partial charge in [0.05, 0.1) is 5.56 Å². The lowest BCUT2D eigenvalue weighted by Crippen LogP contribution is -2.05. The molecule has 9 heteroatoms. The lowest BCUT2D eigenvalue weighted by molar-refractivity contribution is -0.137. The molecule has 0 amide bonds. The van der Waals surface area contributed by atoms with Crippen LogP contribution in [0.4, 0.5) is 24.7 Å². The molecule has 0 aliphatic carbocycles. The first-order valence-corrected chi connectivity index (χ1v) is 7.61. The molecule has 0 aliphatic rings. The van der Waals surface area contributed by atoms with Crippen molar-refractivity contribution in [2.75, 3.05) is 11.9 Å². The van der Waals surface area contributed by atoms with Crippen molar-refractivity contribution in [1.82, 2.24) is 19.9 Å². The second-order valence-electron chi connectivity index (χ2n) is 5.20. The Morgan fingerprint density at radius 1 is 1.00 bits per heavy atom. The first kappa shape index (κ1) is 18.1. The van der Waals surface area contributed by atoms with E-state index in [0.717, 1.165) is 12.1 Å². The molecule has 1 N–H and O–H groups in total. The summed E-state index contributed by atoms with van der Waals surface area (Å²) in [7, 11) is 0. The van der Waals surface area contributed by atoms with E-state index in [-0.39, 0.29) is 12.6 Å². The monoisotopic (exact) mass is 371 g/mol. The highest BCUT2D eigenvalue weighted by Gasteiger charge is 2.29. The minimum absolute atomic E-state index is 0.0468. The molecular formula is C18H12F3N5O. The Labute approximate surface area is 152 Å². The average Bonchev–Trinajstić information content (AvgIpc) is 2.67. The molecule has 1 aromatic carbocycles. The smallest absolute Gasteiger partial charge is 0.416 e. The maximum Gasteiger partial charge on any atom is 0.416 e. The topological polar surface area (TPSA) is 72.8 Å². The second kappa shape index (κ2) is 7.70. The largest absolute Gasteiger partial charge is 0.450 e. The summed E-state index contributed by atoms with van der Waals surface area (Å²) in [5, 5.41) is 2.94. The van der Waals surface area contributed by atoms with Crippen molar-refractivity contribution < 1.29 is 17.9 Å². The fraction of sp³-hybridized carbons (Fsp3) is 0.111. The number of rotatable bonds is 5. The highest BCUT2D eigenvalue weighted by Crippen LogP contribution is 2.31. The molecule has 3 rings (SSSR count). The summed E-state index contributed by atoms with van der Waals surface area (Å²) in [5.41, 5.74) is 0.675. The van der Waals surface area contributed by atoms with E-state index in [0.29, 0.717) is 22.8 Å². The maximum absolute atomic E-state index is 12.7. The van der Waals surface area contributed by atoms with Crippen molar-refractivity contribution in [3.05, 3.63) is 54.6 Å². The molecule has 27 heavy (non-hydrogen) atoms. The number of benzene rings is 1. The van der Waals surface area contributed by atoms with Gasteiger partial charge in [-0.2, -0.15) is 13.2 Å². The Bertz CT molecular complexity index is 950. The third-order valence-electron chi connectivity index (χ3n) is 3.36. The number of terminal acetylenes is 1. The van der Waals surface area contributed by atoms with Gasteiger partial charge in [-0.05, 0) is 24.3 Å². The summed E-state index contributed by atoms with van der Waals surface area (Å²) in [5.74, 6) is 2.65. The van der Waals surface area contributed by atoms with Crippen LogP contribution < -0.4 is 10.1 Å². The summed E-state index contributed by atoms with van der Waals surface area (Å²) in [6.45, 7) is 0.0468. The van der Waals surface area contributed by atoms with Crippen LogP contribution in [0.15, 0.2) is 49.1 Å². The van der Waals surface area contributed by atoms with Gasteiger partial charge in [-0.15, -0.1) is 6.42 Å². The molecule has 2 aromatic heterocycles. The zero-order valence-corrected chi connectivity index (χ0v) is 13.7. The molecule has 0 fully saturated rings. The number of alkyl halides is 3. The highest BCUT2D eigenvalue weighted by molar-refractivity contribution is 5.74. The minimum Gasteiger partial charge on any atom is -0.450 e. The van der Waals surface area contributed by atoms with Crippen LogP contribution in [-0.4, -0.2) is 26.5 Å². The summed E-state index contributed by atoms with van der Waals surface area (Å²) >= 11 is 0. The van der Waals surface area contributed by atoms with Crippen LogP contribution in [0.1, 0.15) is 5.56 Å². The summed E-state index contributed by atoms with van der Waals surface area (Å²) in [6, 6.07) is 4.72. The number of aromatic nitrogens is 4. The first-order chi connectivity index (χ1) is 13.0. The predicted molar refractivity (Wildman–Crippen MR) is 92.1 cm³/mol. The zero-order valence-electron chi connectivity index (χ0n) is 13.7. The van der Waals surface area contributed by atoms with Gasteiger partial charge in [-0.1, -0.05) is 5.92 Å². The maximum atomic E-state index is 12.7. The van der Waals surface area contributed by atoms with Gasteiger partial charge in [0, 0.05) is 36.0 Å². The molecule has 0 aliphatic heterocycles. The molecule has 2 heterocycles. The van der Waals surface area contributed by atoms with E-state index < -0.39 is 11.7 Å². The van der Waals surface area contributed by atoms with Gasteiger partial charge in [0.1, 0.15) is 5.69 Å². The van der Waals surface area contributed by atoms with Gasteiger partial charge in [-0.3, -0.25) is 4.98 Å². The van der Waals surface area contributed by atoms with Crippen molar-refractivity contribution >= 4 is 11.5 Å². The van der Waals surface area contributed by atoms with E-state index in [1.54, 1.807) is 0 Å². The van der Waals surface area contributed by atoms with Gasteiger partial charge in [0.25, 0.3) is 0 Å². The summed E-state index contributed by atoms with van der Waals surface area (Å²) in [6.07, 6.45) is 6.63. The summed E-state index contributed by atoms with van der Waals surface area (Å²) < 4.78 is 43.1. The van der Waals surface area contributed by atoms with Crippen molar-refractivity contribution in [2.45, 2.75) is 6.18 Å². The third kappa shape index (κ3) is 4.49. The van der Waals surface area contributed by atoms with E-state index in [2.05, 4.69) is 31.2 Å². The molecule has 0 saturated carbocycles. The number of nitrogens with zero attached hydrogens (tertiary/aromatic N) is 4. The van der Waals surface area contributed by atoms with Gasteiger partial charge >= 0.3 is 12.2 Å². The second-order valence-corrected chi connectivity index (χ2v) is 5.20. The van der Waals surface area contributed by atoms with Crippen molar-refractivity contribution in [3.63, 3.8) is 0 Å². The lowest BCUT2D eigenvalue weighted by atomic mass is 10.2. The number of anilines is 2. The Hall–Kier alpha value is -3.67. The molecule has 0 atom stereocenters. The molecule has 6 nitrogen and oxygen atoms in total. The number of nitrogens with one attached hydrogen (secondary N) is 1. The molecule has 0 unspecified atom stereocenters. The molecule has 136 valence electrons. The normalized spacial score (nSPS) is 10.9. The standard InChI is InChI=1S/C18H12F3N5O/c1-2-9-27-17-24-10-12(11-25-17)15-16(23-8-7-22-15)26-14-5-3-13(4-6-14)18(19,20)21/h1,3-8,10-11H,9H2,(H,23,26). The van der Waals surface area contributed by atoms with Gasteiger partial charge in [-0.25, -0.2) is 15.0 Å². The Morgan fingerprint density at radius 2 is 1.67 bits per heavy atom. The SMILES string of the molecule is C#CCOc1ncc(-c2nccnc2Nc2ccc(C(F)(F)F)cc2)cn1.